The third kappa shape index (κ3) is 3.72. The Morgan fingerprint density at radius 2 is 1.91 bits per heavy atom. The Labute approximate surface area is 135 Å². The topological polar surface area (TPSA) is 89.8 Å². The highest BCUT2D eigenvalue weighted by Gasteiger charge is 2.11. The second-order valence-electron chi connectivity index (χ2n) is 4.54. The van der Waals surface area contributed by atoms with Gasteiger partial charge >= 0.3 is 5.97 Å². The molecule has 0 aliphatic heterocycles. The lowest BCUT2D eigenvalue weighted by molar-refractivity contribution is 0.0600. The van der Waals surface area contributed by atoms with Gasteiger partial charge in [0.25, 0.3) is 11.5 Å². The van der Waals surface area contributed by atoms with E-state index in [2.05, 4.69) is 15.0 Å². The quantitative estimate of drug-likeness (QED) is 0.849. The number of carbonyl (C=O) groups excluding carboxylic acids is 2. The van der Waals surface area contributed by atoms with Crippen molar-refractivity contribution in [1.29, 1.82) is 0 Å². The fourth-order valence-electron chi connectivity index (χ4n) is 1.81. The normalized spacial score (nSPS) is 11.2. The van der Waals surface area contributed by atoms with Crippen molar-refractivity contribution in [3.8, 4) is 0 Å². The van der Waals surface area contributed by atoms with Gasteiger partial charge in [0.05, 0.1) is 12.7 Å². The summed E-state index contributed by atoms with van der Waals surface area (Å²) in [6.45, 7) is 0. The smallest absolute Gasteiger partial charge is 0.337 e. The van der Waals surface area contributed by atoms with Gasteiger partial charge in [-0.15, -0.1) is 0 Å². The predicted molar refractivity (Wildman–Crippen MR) is 86.8 cm³/mol. The summed E-state index contributed by atoms with van der Waals surface area (Å²) < 4.78 is 5.97. The van der Waals surface area contributed by atoms with E-state index >= 15 is 0 Å². The minimum atomic E-state index is -0.453. The van der Waals surface area contributed by atoms with Gasteiger partial charge in [-0.1, -0.05) is 11.3 Å². The van der Waals surface area contributed by atoms with Crippen LogP contribution in [0.5, 0.6) is 0 Å². The number of ether oxygens (including phenoxy) is 1. The number of amides is 1. The molecule has 2 rings (SSSR count). The van der Waals surface area contributed by atoms with Gasteiger partial charge in [0.15, 0.2) is 4.80 Å². The van der Waals surface area contributed by atoms with E-state index in [1.54, 1.807) is 38.4 Å². The van der Waals surface area contributed by atoms with E-state index < -0.39 is 11.9 Å². The molecule has 0 unspecified atom stereocenters. The van der Waals surface area contributed by atoms with E-state index in [0.717, 1.165) is 11.3 Å². The molecule has 0 spiro atoms. The number of benzene rings is 1. The fourth-order valence-corrected chi connectivity index (χ4v) is 2.63. The van der Waals surface area contributed by atoms with Crippen molar-refractivity contribution in [3.05, 3.63) is 55.9 Å². The maximum Gasteiger partial charge on any atom is 0.337 e. The lowest BCUT2D eigenvalue weighted by Crippen LogP contribution is -2.30. The number of anilines is 1. The molecule has 2 aromatic rings. The van der Waals surface area contributed by atoms with Gasteiger partial charge in [-0.25, -0.2) is 4.79 Å². The molecule has 8 heteroatoms. The van der Waals surface area contributed by atoms with Crippen LogP contribution >= 0.6 is 11.3 Å². The van der Waals surface area contributed by atoms with Gasteiger partial charge in [-0.2, -0.15) is 0 Å². The van der Waals surface area contributed by atoms with E-state index in [1.807, 2.05) is 0 Å². The first kappa shape index (κ1) is 16.6. The number of nitrogens with zero attached hydrogens (tertiary/aromatic N) is 2. The van der Waals surface area contributed by atoms with Crippen LogP contribution in [0.15, 0.2) is 40.1 Å². The van der Waals surface area contributed by atoms with E-state index in [-0.39, 0.29) is 10.4 Å². The largest absolute Gasteiger partial charge is 0.465 e. The Kier molecular flexibility index (Phi) is 5.07. The fraction of sp³-hybridized carbons (Fsp3) is 0.200. The van der Waals surface area contributed by atoms with E-state index in [4.69, 9.17) is 0 Å². The zero-order valence-electron chi connectivity index (χ0n) is 12.8. The van der Waals surface area contributed by atoms with Gasteiger partial charge < -0.3 is 10.1 Å². The zero-order valence-corrected chi connectivity index (χ0v) is 13.6. The average Bonchev–Trinajstić information content (AvgIpc) is 2.57. The molecule has 0 radical (unpaired) electrons. The van der Waals surface area contributed by atoms with Gasteiger partial charge in [-0.3, -0.25) is 19.1 Å². The Hall–Kier alpha value is -2.74. The Morgan fingerprint density at radius 1 is 1.26 bits per heavy atom. The molecule has 7 nitrogen and oxygen atoms in total. The molecule has 23 heavy (non-hydrogen) atoms. The van der Waals surface area contributed by atoms with E-state index in [0.29, 0.717) is 16.1 Å². The molecule has 1 aromatic carbocycles. The monoisotopic (exact) mass is 333 g/mol. The van der Waals surface area contributed by atoms with Crippen molar-refractivity contribution < 1.29 is 14.3 Å². The van der Waals surface area contributed by atoms with Crippen LogP contribution < -0.4 is 15.7 Å². The highest BCUT2D eigenvalue weighted by molar-refractivity contribution is 7.11. The first-order valence-corrected chi connectivity index (χ1v) is 7.41. The Bertz CT molecular complexity index is 866. The van der Waals surface area contributed by atoms with Gasteiger partial charge in [0.1, 0.15) is 4.88 Å². The molecule has 0 atom stereocenters. The Morgan fingerprint density at radius 3 is 2.48 bits per heavy atom. The summed E-state index contributed by atoms with van der Waals surface area (Å²) in [5.74, 6) is -0.866. The highest BCUT2D eigenvalue weighted by Crippen LogP contribution is 2.12. The summed E-state index contributed by atoms with van der Waals surface area (Å²) in [7, 11) is 4.44. The molecule has 0 aliphatic rings. The van der Waals surface area contributed by atoms with Crippen molar-refractivity contribution in [1.82, 2.24) is 4.57 Å². The van der Waals surface area contributed by atoms with E-state index in [9.17, 15) is 14.4 Å². The minimum Gasteiger partial charge on any atom is -0.465 e. The number of rotatable bonds is 3. The molecule has 0 bridgehead atoms. The van der Waals surface area contributed by atoms with Gasteiger partial charge in [-0.05, 0) is 24.3 Å². The van der Waals surface area contributed by atoms with Crippen molar-refractivity contribution in [2.24, 2.45) is 12.0 Å². The van der Waals surface area contributed by atoms with Gasteiger partial charge in [0, 0.05) is 25.8 Å². The Balaban J connectivity index is 2.24. The van der Waals surface area contributed by atoms with Crippen LogP contribution in [0.3, 0.4) is 0 Å². The standard InChI is InChI=1S/C15H15N3O4S/c1-16-15-18(2)12(19)8-11(23-15)13(20)17-10-6-4-9(5-7-10)14(21)22-3/h4-8H,1-3H3,(H,17,20). The first-order valence-electron chi connectivity index (χ1n) is 6.60. The van der Waals surface area contributed by atoms with Crippen LogP contribution in [0.1, 0.15) is 20.0 Å². The van der Waals surface area contributed by atoms with Crippen LogP contribution in [-0.4, -0.2) is 30.6 Å². The molecule has 1 amide bonds. The van der Waals surface area contributed by atoms with Crippen LogP contribution in [0.4, 0.5) is 5.69 Å². The molecule has 1 heterocycles. The van der Waals surface area contributed by atoms with Crippen LogP contribution in [0.25, 0.3) is 0 Å². The summed E-state index contributed by atoms with van der Waals surface area (Å²) in [6.07, 6.45) is 0. The summed E-state index contributed by atoms with van der Waals surface area (Å²) in [5.41, 5.74) is 0.579. The predicted octanol–water partition coefficient (Wildman–Crippen LogP) is 1.02. The maximum absolute atomic E-state index is 12.2. The number of aromatic nitrogens is 1. The zero-order chi connectivity index (χ0) is 17.0. The molecular weight excluding hydrogens is 318 g/mol. The number of methoxy groups -OCH3 is 1. The summed E-state index contributed by atoms with van der Waals surface area (Å²) in [4.78, 5) is 40.1. The molecular formula is C15H15N3O4S. The summed E-state index contributed by atoms with van der Waals surface area (Å²) in [5, 5.41) is 2.67. The van der Waals surface area contributed by atoms with E-state index in [1.165, 1.54) is 17.7 Å². The minimum absolute atomic E-state index is 0.255. The highest BCUT2D eigenvalue weighted by atomic mass is 32.1. The molecule has 1 aromatic heterocycles. The van der Waals surface area contributed by atoms with Crippen LogP contribution in [0.2, 0.25) is 0 Å². The van der Waals surface area contributed by atoms with Crippen molar-refractivity contribution in [2.45, 2.75) is 0 Å². The lowest BCUT2D eigenvalue weighted by Gasteiger charge is -2.06. The second-order valence-corrected chi connectivity index (χ2v) is 5.55. The number of hydrogen-bond acceptors (Lipinski definition) is 6. The van der Waals surface area contributed by atoms with Crippen molar-refractivity contribution in [3.63, 3.8) is 0 Å². The van der Waals surface area contributed by atoms with Gasteiger partial charge in [0.2, 0.25) is 0 Å². The molecule has 0 saturated heterocycles. The molecule has 0 saturated carbocycles. The molecule has 0 aliphatic carbocycles. The molecule has 1 N–H and O–H groups in total. The molecule has 120 valence electrons. The number of esters is 1. The summed E-state index contributed by atoms with van der Waals surface area (Å²) >= 11 is 1.11. The third-order valence-electron chi connectivity index (χ3n) is 3.05. The molecule has 0 fully saturated rings. The number of carbonyl (C=O) groups is 2. The van der Waals surface area contributed by atoms with Crippen LogP contribution in [0, 0.1) is 0 Å². The number of nitrogens with one attached hydrogen (secondary N) is 1. The average molecular weight is 333 g/mol. The van der Waals surface area contributed by atoms with Crippen LogP contribution in [-0.2, 0) is 11.8 Å². The first-order chi connectivity index (χ1) is 11.0. The third-order valence-corrected chi connectivity index (χ3v) is 4.21. The van der Waals surface area contributed by atoms with Crippen molar-refractivity contribution in [2.75, 3.05) is 19.5 Å². The maximum atomic E-state index is 12.2. The van der Waals surface area contributed by atoms with Crippen molar-refractivity contribution >= 4 is 28.9 Å². The lowest BCUT2D eigenvalue weighted by atomic mass is 10.2. The number of hydrogen-bond donors (Lipinski definition) is 1. The second kappa shape index (κ2) is 7.01. The summed E-state index contributed by atoms with van der Waals surface area (Å²) in [6, 6.07) is 7.52. The SMILES string of the molecule is CN=c1sc(C(=O)Nc2ccc(C(=O)OC)cc2)cc(=O)n1C.